The number of likely N-dealkylation sites (tertiary alicyclic amines) is 1. The average Bonchev–Trinajstić information content (AvgIpc) is 3.21. The lowest BCUT2D eigenvalue weighted by Crippen LogP contribution is -2.40. The Labute approximate surface area is 208 Å². The molecule has 4 rings (SSSR count). The molecule has 2 aromatic carbocycles. The highest BCUT2D eigenvalue weighted by molar-refractivity contribution is 14.0. The highest BCUT2D eigenvalue weighted by Gasteiger charge is 2.24. The largest absolute Gasteiger partial charge is 0.369 e. The number of fused-ring (bicyclic) bond motifs is 1. The Morgan fingerprint density at radius 1 is 1.16 bits per heavy atom. The number of primary amides is 1. The Hall–Kier alpha value is -2.13. The maximum absolute atomic E-state index is 11.6. The summed E-state index contributed by atoms with van der Waals surface area (Å²) in [5.74, 6) is 0.748. The smallest absolute Gasteiger partial charge is 0.221 e. The molecule has 2 aliphatic heterocycles. The minimum Gasteiger partial charge on any atom is -0.369 e. The number of piperidine rings is 1. The number of para-hydroxylation sites is 1. The van der Waals surface area contributed by atoms with Gasteiger partial charge in [-0.3, -0.25) is 9.69 Å². The fourth-order valence-electron chi connectivity index (χ4n) is 4.64. The van der Waals surface area contributed by atoms with Crippen LogP contribution in [0.2, 0.25) is 0 Å². The van der Waals surface area contributed by atoms with Crippen molar-refractivity contribution in [3.63, 3.8) is 0 Å². The average molecular weight is 547 g/mol. The fraction of sp³-hybridized carbons (Fsp3) is 0.440. The lowest BCUT2D eigenvalue weighted by atomic mass is 9.97. The van der Waals surface area contributed by atoms with Gasteiger partial charge in [-0.05, 0) is 55.5 Å². The highest BCUT2D eigenvalue weighted by Crippen LogP contribution is 2.27. The Morgan fingerprint density at radius 3 is 2.78 bits per heavy atom. The number of carbonyl (C=O) groups excluding carboxylic acids is 1. The molecule has 3 N–H and O–H groups in total. The molecule has 1 unspecified atom stereocenters. The van der Waals surface area contributed by atoms with Gasteiger partial charge < -0.3 is 16.0 Å². The van der Waals surface area contributed by atoms with Crippen LogP contribution in [0, 0.1) is 5.92 Å². The second-order valence-electron chi connectivity index (χ2n) is 8.50. The van der Waals surface area contributed by atoms with E-state index in [-0.39, 0.29) is 35.8 Å². The van der Waals surface area contributed by atoms with Crippen molar-refractivity contribution in [1.29, 1.82) is 0 Å². The summed E-state index contributed by atoms with van der Waals surface area (Å²) in [7, 11) is 0. The topological polar surface area (TPSA) is 74.0 Å². The number of hydrogen-bond donors (Lipinski definition) is 2. The minimum absolute atomic E-state index is 0. The van der Waals surface area contributed by atoms with Gasteiger partial charge in [0, 0.05) is 31.9 Å². The number of guanidine groups is 1. The summed E-state index contributed by atoms with van der Waals surface area (Å²) in [6, 6.07) is 17.2. The first-order chi connectivity index (χ1) is 15.1. The second-order valence-corrected chi connectivity index (χ2v) is 8.50. The van der Waals surface area contributed by atoms with Crippen LogP contribution in [0.15, 0.2) is 53.5 Å². The van der Waals surface area contributed by atoms with Crippen molar-refractivity contribution in [3.05, 3.63) is 65.2 Å². The van der Waals surface area contributed by atoms with Gasteiger partial charge in [0.25, 0.3) is 0 Å². The number of nitrogens with one attached hydrogen (secondary N) is 1. The van der Waals surface area contributed by atoms with Crippen LogP contribution >= 0.6 is 24.0 Å². The fourth-order valence-corrected chi connectivity index (χ4v) is 4.64. The lowest BCUT2D eigenvalue weighted by molar-refractivity contribution is -0.123. The number of hydrogen-bond acceptors (Lipinski definition) is 3. The van der Waals surface area contributed by atoms with Crippen LogP contribution in [0.25, 0.3) is 0 Å². The van der Waals surface area contributed by atoms with Crippen molar-refractivity contribution in [2.45, 2.75) is 39.3 Å². The van der Waals surface area contributed by atoms with Crippen LogP contribution in [0.1, 0.15) is 36.5 Å². The van der Waals surface area contributed by atoms with Crippen molar-refractivity contribution < 1.29 is 4.79 Å². The van der Waals surface area contributed by atoms with Crippen LogP contribution < -0.4 is 16.0 Å². The number of nitrogens with zero attached hydrogens (tertiary/aromatic N) is 3. The van der Waals surface area contributed by atoms with Gasteiger partial charge in [0.05, 0.1) is 12.5 Å². The van der Waals surface area contributed by atoms with Gasteiger partial charge in [0.15, 0.2) is 5.96 Å². The van der Waals surface area contributed by atoms with E-state index in [1.54, 1.807) is 0 Å². The van der Waals surface area contributed by atoms with Crippen molar-refractivity contribution in [2.75, 3.05) is 31.1 Å². The first kappa shape index (κ1) is 24.5. The van der Waals surface area contributed by atoms with E-state index in [1.807, 2.05) is 0 Å². The molecule has 2 aromatic rings. The molecule has 0 aromatic heterocycles. The van der Waals surface area contributed by atoms with Crippen molar-refractivity contribution in [3.8, 4) is 0 Å². The van der Waals surface area contributed by atoms with Gasteiger partial charge in [0.2, 0.25) is 5.91 Å². The summed E-state index contributed by atoms with van der Waals surface area (Å²) in [4.78, 5) is 21.1. The zero-order valence-corrected chi connectivity index (χ0v) is 21.1. The second kappa shape index (κ2) is 11.7. The maximum Gasteiger partial charge on any atom is 0.221 e. The van der Waals surface area contributed by atoms with E-state index < -0.39 is 0 Å². The Balaban J connectivity index is 0.00000289. The molecule has 0 aliphatic carbocycles. The van der Waals surface area contributed by atoms with Gasteiger partial charge in [-0.15, -0.1) is 24.0 Å². The Kier molecular flexibility index (Phi) is 8.92. The number of anilines is 1. The van der Waals surface area contributed by atoms with Crippen molar-refractivity contribution >= 4 is 41.5 Å². The van der Waals surface area contributed by atoms with E-state index in [0.29, 0.717) is 6.54 Å². The monoisotopic (exact) mass is 547 g/mol. The first-order valence-corrected chi connectivity index (χ1v) is 11.4. The normalized spacial score (nSPS) is 18.7. The summed E-state index contributed by atoms with van der Waals surface area (Å²) in [6.07, 6.45) is 2.99. The number of benzene rings is 2. The molecule has 1 fully saturated rings. The van der Waals surface area contributed by atoms with Gasteiger partial charge in [0.1, 0.15) is 0 Å². The molecule has 2 heterocycles. The number of amides is 1. The van der Waals surface area contributed by atoms with Crippen LogP contribution in [0.3, 0.4) is 0 Å². The van der Waals surface area contributed by atoms with Crippen LogP contribution in [-0.4, -0.2) is 42.9 Å². The zero-order valence-electron chi connectivity index (χ0n) is 18.8. The van der Waals surface area contributed by atoms with Crippen molar-refractivity contribution in [1.82, 2.24) is 10.2 Å². The lowest BCUT2D eigenvalue weighted by Gasteiger charge is -2.31. The van der Waals surface area contributed by atoms with Crippen LogP contribution in [0.5, 0.6) is 0 Å². The van der Waals surface area contributed by atoms with E-state index in [2.05, 4.69) is 70.6 Å². The zero-order chi connectivity index (χ0) is 21.6. The predicted molar refractivity (Wildman–Crippen MR) is 141 cm³/mol. The van der Waals surface area contributed by atoms with E-state index in [0.717, 1.165) is 57.9 Å². The molecule has 2 aliphatic rings. The molecule has 1 atom stereocenters. The number of aliphatic imine (C=N–C) groups is 1. The molecule has 7 heteroatoms. The summed E-state index contributed by atoms with van der Waals surface area (Å²) in [5, 5.41) is 3.46. The minimum atomic E-state index is -0.174. The third-order valence-electron chi connectivity index (χ3n) is 6.19. The highest BCUT2D eigenvalue weighted by atomic mass is 127. The summed E-state index contributed by atoms with van der Waals surface area (Å²) < 4.78 is 0. The molecule has 172 valence electrons. The Bertz CT molecular complexity index is 947. The molecule has 0 spiro atoms. The first-order valence-electron chi connectivity index (χ1n) is 11.4. The molecule has 0 radical (unpaired) electrons. The quantitative estimate of drug-likeness (QED) is 0.330. The molecule has 0 bridgehead atoms. The molecule has 6 nitrogen and oxygen atoms in total. The number of rotatable bonds is 6. The Morgan fingerprint density at radius 2 is 1.97 bits per heavy atom. The van der Waals surface area contributed by atoms with Crippen LogP contribution in [0.4, 0.5) is 5.69 Å². The van der Waals surface area contributed by atoms with Gasteiger partial charge in [-0.25, -0.2) is 4.99 Å². The number of carbonyl (C=O) groups is 1. The summed E-state index contributed by atoms with van der Waals surface area (Å²) in [5.41, 5.74) is 10.6. The van der Waals surface area contributed by atoms with Crippen molar-refractivity contribution in [2.24, 2.45) is 16.6 Å². The predicted octanol–water partition coefficient (Wildman–Crippen LogP) is 3.53. The molecule has 0 saturated carbocycles. The molecule has 32 heavy (non-hydrogen) atoms. The third-order valence-corrected chi connectivity index (χ3v) is 6.19. The molecule has 1 saturated heterocycles. The van der Waals surface area contributed by atoms with E-state index >= 15 is 0 Å². The molecule has 1 amide bonds. The maximum atomic E-state index is 11.6. The molecular formula is C25H34IN5O. The van der Waals surface area contributed by atoms with E-state index in [9.17, 15) is 4.79 Å². The summed E-state index contributed by atoms with van der Waals surface area (Å²) >= 11 is 0. The van der Waals surface area contributed by atoms with Gasteiger partial charge >= 0.3 is 0 Å². The third kappa shape index (κ3) is 6.01. The van der Waals surface area contributed by atoms with Crippen LogP contribution in [-0.2, 0) is 24.3 Å². The molecular weight excluding hydrogens is 513 g/mol. The standard InChI is InChI=1S/C25H33N5O.HI/c1-2-27-25(30-14-12-21-9-3-4-11-23(21)30)28-16-19-7-5-8-20(15-19)17-29-13-6-10-22(18-29)24(26)31;/h3-5,7-9,11,15,22H,2,6,10,12-14,16-18H2,1H3,(H2,26,31)(H,27,28);1H. The number of nitrogens with two attached hydrogens (primary N) is 1. The summed E-state index contributed by atoms with van der Waals surface area (Å²) in [6.45, 7) is 7.17. The van der Waals surface area contributed by atoms with E-state index in [4.69, 9.17) is 10.7 Å². The SMILES string of the molecule is CCNC(=NCc1cccc(CN2CCCC(C(N)=O)C2)c1)N1CCc2ccccc21.I. The van der Waals surface area contributed by atoms with Gasteiger partial charge in [-0.2, -0.15) is 0 Å². The van der Waals surface area contributed by atoms with E-state index in [1.165, 1.54) is 22.4 Å². The number of halogens is 1. The van der Waals surface area contributed by atoms with Gasteiger partial charge in [-0.1, -0.05) is 42.5 Å².